The van der Waals surface area contributed by atoms with Crippen molar-refractivity contribution in [1.29, 1.82) is 0 Å². The molecule has 2 atom stereocenters. The van der Waals surface area contributed by atoms with Gasteiger partial charge in [0, 0.05) is 6.16 Å². The summed E-state index contributed by atoms with van der Waals surface area (Å²) in [6, 6.07) is 8.51. The third kappa shape index (κ3) is 3.43. The van der Waals surface area contributed by atoms with Crippen LogP contribution in [0.1, 0.15) is 17.8 Å². The van der Waals surface area contributed by atoms with Gasteiger partial charge in [-0.3, -0.25) is 4.57 Å². The van der Waals surface area contributed by atoms with E-state index in [0.717, 1.165) is 0 Å². The Bertz CT molecular complexity index is 342. The van der Waals surface area contributed by atoms with Crippen LogP contribution in [0.15, 0.2) is 30.3 Å². The second-order valence-corrected chi connectivity index (χ2v) is 5.85. The zero-order valence-corrected chi connectivity index (χ0v) is 9.31. The molecule has 4 nitrogen and oxygen atoms in total. The molecule has 0 aliphatic carbocycles. The molecule has 0 saturated heterocycles. The lowest BCUT2D eigenvalue weighted by Gasteiger charge is -2.18. The normalized spacial score (nSPS) is 17.0. The van der Waals surface area contributed by atoms with Crippen molar-refractivity contribution in [2.75, 3.05) is 12.7 Å². The van der Waals surface area contributed by atoms with Gasteiger partial charge in [-0.1, -0.05) is 30.3 Å². The van der Waals surface area contributed by atoms with Crippen LogP contribution >= 0.6 is 7.37 Å². The van der Waals surface area contributed by atoms with Crippen molar-refractivity contribution in [3.05, 3.63) is 35.9 Å². The average molecular weight is 229 g/mol. The van der Waals surface area contributed by atoms with Crippen LogP contribution in [0, 0.1) is 0 Å². The van der Waals surface area contributed by atoms with Gasteiger partial charge in [-0.05, 0) is 18.5 Å². The van der Waals surface area contributed by atoms with Gasteiger partial charge in [0.2, 0.25) is 7.37 Å². The molecule has 0 amide bonds. The first-order chi connectivity index (χ1) is 7.08. The third-order valence-electron chi connectivity index (χ3n) is 2.16. The Kier molecular flexibility index (Phi) is 4.48. The topological polar surface area (TPSA) is 83.6 Å². The summed E-state index contributed by atoms with van der Waals surface area (Å²) in [5.41, 5.74) is 5.73. The minimum atomic E-state index is -3.55. The number of aliphatic hydroxyl groups is 1. The van der Waals surface area contributed by atoms with Crippen molar-refractivity contribution in [3.8, 4) is 0 Å². The van der Waals surface area contributed by atoms with Gasteiger partial charge in [-0.25, -0.2) is 0 Å². The Morgan fingerprint density at radius 2 is 1.93 bits per heavy atom. The molecule has 0 aromatic heterocycles. The average Bonchev–Trinajstić information content (AvgIpc) is 2.26. The monoisotopic (exact) mass is 229 g/mol. The Hall–Kier alpha value is -0.670. The van der Waals surface area contributed by atoms with Gasteiger partial charge in [0.15, 0.2) is 5.85 Å². The summed E-state index contributed by atoms with van der Waals surface area (Å²) in [7, 11) is -3.55. The highest BCUT2D eigenvalue weighted by Crippen LogP contribution is 2.54. The first-order valence-corrected chi connectivity index (χ1v) is 6.74. The number of rotatable bonds is 5. The van der Waals surface area contributed by atoms with Crippen molar-refractivity contribution >= 4 is 7.37 Å². The summed E-state index contributed by atoms with van der Waals surface area (Å²) in [6.45, 7) is 0.353. The van der Waals surface area contributed by atoms with Crippen LogP contribution in [0.25, 0.3) is 0 Å². The number of aliphatic hydroxyl groups excluding tert-OH is 1. The smallest absolute Gasteiger partial charge is 0.232 e. The molecule has 4 N–H and O–H groups in total. The van der Waals surface area contributed by atoms with E-state index >= 15 is 0 Å². The second-order valence-electron chi connectivity index (χ2n) is 3.41. The maximum Gasteiger partial charge on any atom is 0.232 e. The molecule has 0 spiro atoms. The molecule has 0 bridgehead atoms. The van der Waals surface area contributed by atoms with E-state index in [1.54, 1.807) is 30.3 Å². The molecule has 84 valence electrons. The van der Waals surface area contributed by atoms with Gasteiger partial charge in [0.1, 0.15) is 0 Å². The van der Waals surface area contributed by atoms with Crippen LogP contribution in [0.5, 0.6) is 0 Å². The lowest BCUT2D eigenvalue weighted by Crippen LogP contribution is -2.06. The van der Waals surface area contributed by atoms with Crippen LogP contribution in [0.2, 0.25) is 0 Å². The van der Waals surface area contributed by atoms with Crippen molar-refractivity contribution in [3.63, 3.8) is 0 Å². The van der Waals surface area contributed by atoms with Crippen LogP contribution in [-0.4, -0.2) is 22.7 Å². The molecule has 0 heterocycles. The summed E-state index contributed by atoms with van der Waals surface area (Å²) < 4.78 is 11.7. The zero-order valence-electron chi connectivity index (χ0n) is 8.41. The maximum absolute atomic E-state index is 11.7. The zero-order chi connectivity index (χ0) is 11.3. The Morgan fingerprint density at radius 1 is 1.33 bits per heavy atom. The number of hydrogen-bond acceptors (Lipinski definition) is 3. The summed E-state index contributed by atoms with van der Waals surface area (Å²) in [5.74, 6) is -1.30. The number of benzene rings is 1. The minimum Gasteiger partial charge on any atom is -0.378 e. The highest BCUT2D eigenvalue weighted by atomic mass is 31.2. The van der Waals surface area contributed by atoms with Gasteiger partial charge in [-0.15, -0.1) is 0 Å². The van der Waals surface area contributed by atoms with Crippen LogP contribution in [0.3, 0.4) is 0 Å². The largest absolute Gasteiger partial charge is 0.378 e. The fourth-order valence-electron chi connectivity index (χ4n) is 1.30. The predicted molar refractivity (Wildman–Crippen MR) is 59.8 cm³/mol. The quantitative estimate of drug-likeness (QED) is 0.664. The van der Waals surface area contributed by atoms with E-state index in [2.05, 4.69) is 0 Å². The molecular weight excluding hydrogens is 213 g/mol. The van der Waals surface area contributed by atoms with Gasteiger partial charge in [-0.2, -0.15) is 0 Å². The Labute approximate surface area is 89.2 Å². The molecule has 0 radical (unpaired) electrons. The third-order valence-corrected chi connectivity index (χ3v) is 4.18. The molecule has 1 aromatic carbocycles. The second kappa shape index (κ2) is 5.42. The SMILES string of the molecule is NCCCP(=O)(O)[C@H](O)c1ccccc1. The molecule has 1 unspecified atom stereocenters. The number of nitrogens with two attached hydrogens (primary N) is 1. The molecule has 5 heteroatoms. The van der Waals surface area contributed by atoms with Crippen molar-refractivity contribution in [2.45, 2.75) is 12.3 Å². The molecule has 15 heavy (non-hydrogen) atoms. The van der Waals surface area contributed by atoms with E-state index in [1.165, 1.54) is 0 Å². The summed E-state index contributed by atoms with van der Waals surface area (Å²) in [5, 5.41) is 9.72. The molecule has 0 saturated carbocycles. The lowest BCUT2D eigenvalue weighted by molar-refractivity contribution is 0.234. The molecule has 1 rings (SSSR count). The minimum absolute atomic E-state index is 0.0551. The van der Waals surface area contributed by atoms with Gasteiger partial charge < -0.3 is 15.7 Å². The van der Waals surface area contributed by atoms with Crippen LogP contribution in [0.4, 0.5) is 0 Å². The highest BCUT2D eigenvalue weighted by molar-refractivity contribution is 7.58. The fraction of sp³-hybridized carbons (Fsp3) is 0.400. The van der Waals surface area contributed by atoms with E-state index in [4.69, 9.17) is 5.73 Å². The highest BCUT2D eigenvalue weighted by Gasteiger charge is 2.29. The standard InChI is InChI=1S/C10H16NO3P/c11-7-4-8-15(13,14)10(12)9-5-2-1-3-6-9/h1-3,5-6,10,12H,4,7-8,11H2,(H,13,14)/t10-/m0/s1. The first kappa shape index (κ1) is 12.4. The van der Waals surface area contributed by atoms with Crippen molar-refractivity contribution in [2.24, 2.45) is 5.73 Å². The van der Waals surface area contributed by atoms with Crippen LogP contribution < -0.4 is 5.73 Å². The van der Waals surface area contributed by atoms with Gasteiger partial charge in [0.25, 0.3) is 0 Å². The Morgan fingerprint density at radius 3 is 2.47 bits per heavy atom. The Balaban J connectivity index is 2.75. The lowest BCUT2D eigenvalue weighted by atomic mass is 10.2. The fourth-order valence-corrected chi connectivity index (χ4v) is 2.82. The van der Waals surface area contributed by atoms with Gasteiger partial charge in [0.05, 0.1) is 0 Å². The molecule has 0 aliphatic rings. The summed E-state index contributed by atoms with van der Waals surface area (Å²) >= 11 is 0. The summed E-state index contributed by atoms with van der Waals surface area (Å²) in [4.78, 5) is 9.62. The van der Waals surface area contributed by atoms with Crippen molar-refractivity contribution < 1.29 is 14.6 Å². The molecule has 0 aliphatic heterocycles. The van der Waals surface area contributed by atoms with E-state index in [1.807, 2.05) is 0 Å². The van der Waals surface area contributed by atoms with Gasteiger partial charge >= 0.3 is 0 Å². The molecule has 0 fully saturated rings. The first-order valence-electron chi connectivity index (χ1n) is 4.82. The van der Waals surface area contributed by atoms with E-state index in [0.29, 0.717) is 18.5 Å². The molecular formula is C10H16NO3P. The number of hydrogen-bond donors (Lipinski definition) is 3. The van der Waals surface area contributed by atoms with Crippen molar-refractivity contribution in [1.82, 2.24) is 0 Å². The van der Waals surface area contributed by atoms with Crippen LogP contribution in [-0.2, 0) is 4.57 Å². The van der Waals surface area contributed by atoms with E-state index in [9.17, 15) is 14.6 Å². The predicted octanol–water partition coefficient (Wildman–Crippen LogP) is 1.30. The maximum atomic E-state index is 11.7. The van der Waals surface area contributed by atoms with E-state index < -0.39 is 13.2 Å². The summed E-state index contributed by atoms with van der Waals surface area (Å²) in [6.07, 6.45) is 0.497. The molecule has 1 aromatic rings. The van der Waals surface area contributed by atoms with E-state index in [-0.39, 0.29) is 6.16 Å².